The molecule has 1 saturated heterocycles. The summed E-state index contributed by atoms with van der Waals surface area (Å²) < 4.78 is 15.7. The average molecular weight is 438 g/mol. The van der Waals surface area contributed by atoms with Crippen LogP contribution in [0.25, 0.3) is 11.0 Å². The first kappa shape index (κ1) is 20.4. The SMILES string of the molecule is NC(CO)c1cc(Cl)cc2c1nc(N1CCNCC1)n2Cc1ccc(F)c(Cl)c1. The zero-order chi connectivity index (χ0) is 20.5. The molecule has 3 aromatic rings. The third-order valence-corrected chi connectivity index (χ3v) is 5.66. The van der Waals surface area contributed by atoms with E-state index >= 15 is 0 Å². The van der Waals surface area contributed by atoms with Gasteiger partial charge in [-0.25, -0.2) is 9.37 Å². The van der Waals surface area contributed by atoms with Crippen molar-refractivity contribution in [2.24, 2.45) is 5.73 Å². The Bertz CT molecular complexity index is 1040. The zero-order valence-corrected chi connectivity index (χ0v) is 17.2. The molecule has 29 heavy (non-hydrogen) atoms. The zero-order valence-electron chi connectivity index (χ0n) is 15.7. The van der Waals surface area contributed by atoms with Crippen LogP contribution in [-0.2, 0) is 6.54 Å². The molecule has 9 heteroatoms. The Hall–Kier alpha value is -1.90. The predicted molar refractivity (Wildman–Crippen MR) is 114 cm³/mol. The second kappa shape index (κ2) is 8.45. The minimum atomic E-state index is -0.587. The molecule has 0 amide bonds. The Labute approximate surface area is 178 Å². The van der Waals surface area contributed by atoms with Crippen LogP contribution in [0.1, 0.15) is 17.2 Å². The van der Waals surface area contributed by atoms with Crippen molar-refractivity contribution >= 4 is 40.2 Å². The summed E-state index contributed by atoms with van der Waals surface area (Å²) in [6, 6.07) is 7.69. The number of nitrogens with zero attached hydrogens (tertiary/aromatic N) is 3. The van der Waals surface area contributed by atoms with Crippen LogP contribution in [-0.4, -0.2) is 47.4 Å². The van der Waals surface area contributed by atoms with E-state index in [4.69, 9.17) is 33.9 Å². The fourth-order valence-electron chi connectivity index (χ4n) is 3.66. The molecule has 0 bridgehead atoms. The molecule has 4 rings (SSSR count). The largest absolute Gasteiger partial charge is 0.394 e. The minimum absolute atomic E-state index is 0.0802. The molecule has 2 heterocycles. The maximum absolute atomic E-state index is 13.6. The highest BCUT2D eigenvalue weighted by Gasteiger charge is 2.23. The predicted octanol–water partition coefficient (Wildman–Crippen LogP) is 2.93. The minimum Gasteiger partial charge on any atom is -0.394 e. The molecule has 1 unspecified atom stereocenters. The van der Waals surface area contributed by atoms with E-state index in [2.05, 4.69) is 10.2 Å². The molecule has 0 saturated carbocycles. The van der Waals surface area contributed by atoms with Crippen LogP contribution in [0.4, 0.5) is 10.3 Å². The van der Waals surface area contributed by atoms with Gasteiger partial charge in [-0.15, -0.1) is 0 Å². The Morgan fingerprint density at radius 3 is 2.66 bits per heavy atom. The number of anilines is 1. The van der Waals surface area contributed by atoms with E-state index in [9.17, 15) is 9.50 Å². The number of aliphatic hydroxyl groups excluding tert-OH is 1. The number of hydrogen-bond donors (Lipinski definition) is 3. The molecule has 6 nitrogen and oxygen atoms in total. The van der Waals surface area contributed by atoms with E-state index in [1.54, 1.807) is 18.2 Å². The Morgan fingerprint density at radius 1 is 1.21 bits per heavy atom. The summed E-state index contributed by atoms with van der Waals surface area (Å²) in [5, 5.41) is 13.5. The number of rotatable bonds is 5. The molecule has 2 aromatic carbocycles. The van der Waals surface area contributed by atoms with Gasteiger partial charge in [0.1, 0.15) is 5.82 Å². The fourth-order valence-corrected chi connectivity index (χ4v) is 4.09. The van der Waals surface area contributed by atoms with E-state index in [-0.39, 0.29) is 11.6 Å². The number of imidazole rings is 1. The Morgan fingerprint density at radius 2 is 1.97 bits per heavy atom. The van der Waals surface area contributed by atoms with Crippen LogP contribution in [0.3, 0.4) is 0 Å². The van der Waals surface area contributed by atoms with E-state index in [1.807, 2.05) is 10.6 Å². The monoisotopic (exact) mass is 437 g/mol. The van der Waals surface area contributed by atoms with Gasteiger partial charge in [-0.05, 0) is 29.8 Å². The van der Waals surface area contributed by atoms with Crippen molar-refractivity contribution < 1.29 is 9.50 Å². The number of hydrogen-bond acceptors (Lipinski definition) is 5. The average Bonchev–Trinajstić information content (AvgIpc) is 3.08. The molecular weight excluding hydrogens is 416 g/mol. The molecule has 1 fully saturated rings. The van der Waals surface area contributed by atoms with Gasteiger partial charge in [-0.2, -0.15) is 0 Å². The highest BCUT2D eigenvalue weighted by Crippen LogP contribution is 2.32. The lowest BCUT2D eigenvalue weighted by molar-refractivity contribution is 0.268. The van der Waals surface area contributed by atoms with Crippen molar-refractivity contribution in [2.45, 2.75) is 12.6 Å². The van der Waals surface area contributed by atoms with Crippen LogP contribution in [0.2, 0.25) is 10.0 Å². The van der Waals surface area contributed by atoms with Crippen LogP contribution in [0, 0.1) is 5.82 Å². The number of aromatic nitrogens is 2. The van der Waals surface area contributed by atoms with Gasteiger partial charge in [0, 0.05) is 36.8 Å². The standard InChI is InChI=1S/C20H22Cl2FN5O/c21-13-8-14(17(24)11-29)19-18(9-13)28(10-12-1-2-16(23)15(22)7-12)20(26-19)27-5-3-25-4-6-27/h1-2,7-9,17,25,29H,3-6,10-11,24H2. The number of nitrogens with one attached hydrogen (secondary N) is 1. The van der Waals surface area contributed by atoms with Crippen LogP contribution in [0.15, 0.2) is 30.3 Å². The molecular formula is C20H22Cl2FN5O. The maximum Gasteiger partial charge on any atom is 0.206 e. The number of piperazine rings is 1. The van der Waals surface area contributed by atoms with Gasteiger partial charge >= 0.3 is 0 Å². The summed E-state index contributed by atoms with van der Waals surface area (Å²) in [5.74, 6) is 0.336. The lowest BCUT2D eigenvalue weighted by Gasteiger charge is -2.29. The molecule has 1 atom stereocenters. The first-order valence-corrected chi connectivity index (χ1v) is 10.2. The van der Waals surface area contributed by atoms with Crippen molar-refractivity contribution in [3.63, 3.8) is 0 Å². The first-order chi connectivity index (χ1) is 14.0. The van der Waals surface area contributed by atoms with E-state index in [0.717, 1.165) is 43.2 Å². The van der Waals surface area contributed by atoms with E-state index in [0.29, 0.717) is 22.6 Å². The van der Waals surface area contributed by atoms with E-state index in [1.165, 1.54) is 6.07 Å². The highest BCUT2D eigenvalue weighted by atomic mass is 35.5. The van der Waals surface area contributed by atoms with Crippen molar-refractivity contribution in [1.82, 2.24) is 14.9 Å². The highest BCUT2D eigenvalue weighted by molar-refractivity contribution is 6.31. The summed E-state index contributed by atoms with van der Waals surface area (Å²) in [5.41, 5.74) is 9.18. The lowest BCUT2D eigenvalue weighted by atomic mass is 10.1. The summed E-state index contributed by atoms with van der Waals surface area (Å²) in [6.07, 6.45) is 0. The Balaban J connectivity index is 1.88. The number of benzene rings is 2. The second-order valence-corrected chi connectivity index (χ2v) is 7.98. The molecule has 0 radical (unpaired) electrons. The molecule has 1 aliphatic heterocycles. The lowest BCUT2D eigenvalue weighted by Crippen LogP contribution is -2.44. The molecule has 4 N–H and O–H groups in total. The van der Waals surface area contributed by atoms with E-state index < -0.39 is 11.9 Å². The summed E-state index contributed by atoms with van der Waals surface area (Å²) in [7, 11) is 0. The third kappa shape index (κ3) is 4.06. The fraction of sp³-hybridized carbons (Fsp3) is 0.350. The normalized spacial score (nSPS) is 15.8. The van der Waals surface area contributed by atoms with Gasteiger partial charge in [-0.3, -0.25) is 0 Å². The number of fused-ring (bicyclic) bond motifs is 1. The summed E-state index contributed by atoms with van der Waals surface area (Å²) in [4.78, 5) is 7.09. The van der Waals surface area contributed by atoms with Crippen LogP contribution >= 0.6 is 23.2 Å². The van der Waals surface area contributed by atoms with Gasteiger partial charge in [0.15, 0.2) is 0 Å². The van der Waals surface area contributed by atoms with Gasteiger partial charge < -0.3 is 25.6 Å². The van der Waals surface area contributed by atoms with Crippen molar-refractivity contribution in [1.29, 1.82) is 0 Å². The van der Waals surface area contributed by atoms with Crippen molar-refractivity contribution in [3.05, 3.63) is 57.3 Å². The maximum atomic E-state index is 13.6. The third-order valence-electron chi connectivity index (χ3n) is 5.15. The number of halogens is 3. The summed E-state index contributed by atoms with van der Waals surface area (Å²) >= 11 is 12.4. The topological polar surface area (TPSA) is 79.3 Å². The second-order valence-electron chi connectivity index (χ2n) is 7.14. The van der Waals surface area contributed by atoms with Crippen molar-refractivity contribution in [2.75, 3.05) is 37.7 Å². The smallest absolute Gasteiger partial charge is 0.206 e. The van der Waals surface area contributed by atoms with Gasteiger partial charge in [0.25, 0.3) is 0 Å². The molecule has 154 valence electrons. The molecule has 0 aliphatic carbocycles. The van der Waals surface area contributed by atoms with Gasteiger partial charge in [-0.1, -0.05) is 29.3 Å². The molecule has 0 spiro atoms. The van der Waals surface area contributed by atoms with Crippen molar-refractivity contribution in [3.8, 4) is 0 Å². The van der Waals surface area contributed by atoms with Crippen LogP contribution in [0.5, 0.6) is 0 Å². The summed E-state index contributed by atoms with van der Waals surface area (Å²) in [6.45, 7) is 3.57. The number of aliphatic hydroxyl groups is 1. The first-order valence-electron chi connectivity index (χ1n) is 9.43. The number of nitrogens with two attached hydrogens (primary N) is 1. The van der Waals surface area contributed by atoms with Gasteiger partial charge in [0.05, 0.1) is 35.2 Å². The Kier molecular flexibility index (Phi) is 5.94. The van der Waals surface area contributed by atoms with Crippen LogP contribution < -0.4 is 16.0 Å². The van der Waals surface area contributed by atoms with Gasteiger partial charge in [0.2, 0.25) is 5.95 Å². The quantitative estimate of drug-likeness (QED) is 0.571. The molecule has 1 aliphatic rings. The molecule has 1 aromatic heterocycles.